The van der Waals surface area contributed by atoms with Crippen LogP contribution in [0, 0.1) is 5.92 Å². The lowest BCUT2D eigenvalue weighted by Crippen LogP contribution is -2.20. The third kappa shape index (κ3) is 34.0. The molecule has 49 heavy (non-hydrogen) atoms. The van der Waals surface area contributed by atoms with Gasteiger partial charge in [-0.2, -0.15) is 0 Å². The molecule has 16 nitrogen and oxygen atoms in total. The highest BCUT2D eigenvalue weighted by Gasteiger charge is 2.17. The van der Waals surface area contributed by atoms with Gasteiger partial charge in [-0.15, -0.1) is 0 Å². The predicted octanol–water partition coefficient (Wildman–Crippen LogP) is 1.87. The minimum Gasteiger partial charge on any atom is -0.476 e. The van der Waals surface area contributed by atoms with Crippen molar-refractivity contribution >= 4 is 23.7 Å². The number of carboxylic acids is 1. The molecule has 1 unspecified atom stereocenters. The standard InChI is InChI=1S/C33H60O16/c1-3-5-6-29(4-2)33(38)49-28-26-47-24-22-45-20-18-43-16-14-41-12-10-39-9-11-40-13-15-42-17-19-44-21-23-46-25-27-48-31(35)8-7-30(34)32(36)37/h29H,3-28H2,1-2H3,(H,36,37). The van der Waals surface area contributed by atoms with Gasteiger partial charge in [0.15, 0.2) is 0 Å². The second kappa shape index (κ2) is 37.0. The van der Waals surface area contributed by atoms with Gasteiger partial charge in [-0.1, -0.05) is 26.7 Å². The molecule has 0 aromatic rings. The van der Waals surface area contributed by atoms with E-state index in [-0.39, 0.29) is 44.5 Å². The van der Waals surface area contributed by atoms with E-state index in [9.17, 15) is 19.2 Å². The second-order valence-electron chi connectivity index (χ2n) is 10.4. The van der Waals surface area contributed by atoms with Crippen molar-refractivity contribution in [3.63, 3.8) is 0 Å². The zero-order valence-electron chi connectivity index (χ0n) is 29.5. The number of carbonyl (C=O) groups is 4. The van der Waals surface area contributed by atoms with Gasteiger partial charge in [0.2, 0.25) is 5.78 Å². The van der Waals surface area contributed by atoms with Gasteiger partial charge in [0, 0.05) is 6.42 Å². The Bertz CT molecular complexity index is 797. The van der Waals surface area contributed by atoms with Crippen molar-refractivity contribution in [3.8, 4) is 0 Å². The van der Waals surface area contributed by atoms with Gasteiger partial charge in [0.05, 0.1) is 131 Å². The van der Waals surface area contributed by atoms with Crippen LogP contribution in [-0.2, 0) is 71.3 Å². The van der Waals surface area contributed by atoms with Crippen molar-refractivity contribution in [2.24, 2.45) is 5.92 Å². The maximum Gasteiger partial charge on any atom is 0.372 e. The summed E-state index contributed by atoms with van der Waals surface area (Å²) in [7, 11) is 0. The van der Waals surface area contributed by atoms with Crippen LogP contribution in [0.3, 0.4) is 0 Å². The molecule has 0 radical (unpaired) electrons. The number of ether oxygens (including phenoxy) is 11. The number of esters is 2. The third-order valence-corrected chi connectivity index (χ3v) is 6.47. The van der Waals surface area contributed by atoms with Crippen LogP contribution in [0.5, 0.6) is 0 Å². The molecule has 1 N–H and O–H groups in total. The first-order valence-corrected chi connectivity index (χ1v) is 17.2. The fourth-order valence-corrected chi connectivity index (χ4v) is 3.73. The molecule has 0 aliphatic carbocycles. The Balaban J connectivity index is 3.21. The topological polar surface area (TPSA) is 190 Å². The Morgan fingerprint density at radius 1 is 0.469 bits per heavy atom. The van der Waals surface area contributed by atoms with Crippen LogP contribution in [0.1, 0.15) is 52.4 Å². The van der Waals surface area contributed by atoms with Crippen molar-refractivity contribution in [1.29, 1.82) is 0 Å². The van der Waals surface area contributed by atoms with E-state index in [0.29, 0.717) is 112 Å². The molecule has 0 saturated carbocycles. The summed E-state index contributed by atoms with van der Waals surface area (Å²) in [6.45, 7) is 11.8. The van der Waals surface area contributed by atoms with Crippen LogP contribution in [0.15, 0.2) is 0 Å². The molecule has 0 fully saturated rings. The van der Waals surface area contributed by atoms with E-state index in [1.165, 1.54) is 0 Å². The van der Waals surface area contributed by atoms with Gasteiger partial charge in [0.25, 0.3) is 0 Å². The summed E-state index contributed by atoms with van der Waals surface area (Å²) in [6, 6.07) is 0. The monoisotopic (exact) mass is 712 g/mol. The maximum atomic E-state index is 12.0. The number of hydrogen-bond donors (Lipinski definition) is 1. The van der Waals surface area contributed by atoms with Crippen molar-refractivity contribution in [3.05, 3.63) is 0 Å². The molecule has 0 aromatic heterocycles. The Hall–Kier alpha value is -2.28. The molecule has 0 spiro atoms. The molecule has 0 heterocycles. The van der Waals surface area contributed by atoms with Crippen molar-refractivity contribution in [2.75, 3.05) is 132 Å². The Kier molecular flexibility index (Phi) is 35.3. The number of unbranched alkanes of at least 4 members (excludes halogenated alkanes) is 1. The van der Waals surface area contributed by atoms with E-state index in [1.54, 1.807) is 0 Å². The molecule has 1 atom stereocenters. The minimum absolute atomic E-state index is 0.0106. The van der Waals surface area contributed by atoms with Gasteiger partial charge in [-0.05, 0) is 12.8 Å². The van der Waals surface area contributed by atoms with Gasteiger partial charge in [-0.25, -0.2) is 4.79 Å². The van der Waals surface area contributed by atoms with Crippen molar-refractivity contribution < 1.29 is 76.4 Å². The fraction of sp³-hybridized carbons (Fsp3) is 0.879. The molecule has 0 aliphatic heterocycles. The lowest BCUT2D eigenvalue weighted by Gasteiger charge is -2.13. The minimum atomic E-state index is -1.57. The van der Waals surface area contributed by atoms with E-state index < -0.39 is 17.7 Å². The zero-order valence-corrected chi connectivity index (χ0v) is 29.5. The highest BCUT2D eigenvalue weighted by atomic mass is 16.6. The SMILES string of the molecule is CCCCC(CC)C(=O)OCCOCCOCCOCCOCCOCCOCCOCCOCCOCCOC(=O)CCC(=O)C(=O)O. The number of aliphatic carboxylic acids is 1. The number of carboxylic acid groups (broad SMARTS) is 1. The molecule has 0 saturated heterocycles. The molecule has 0 bridgehead atoms. The molecular formula is C33H60O16. The van der Waals surface area contributed by atoms with E-state index in [2.05, 4.69) is 6.92 Å². The summed E-state index contributed by atoms with van der Waals surface area (Å²) in [5.74, 6) is -3.39. The Labute approximate surface area is 290 Å². The van der Waals surface area contributed by atoms with E-state index in [4.69, 9.17) is 57.2 Å². The summed E-state index contributed by atoms with van der Waals surface area (Å²) in [5, 5.41) is 8.44. The lowest BCUT2D eigenvalue weighted by molar-refractivity contribution is -0.151. The Morgan fingerprint density at radius 2 is 0.796 bits per heavy atom. The number of carbonyl (C=O) groups excluding carboxylic acids is 3. The van der Waals surface area contributed by atoms with Gasteiger partial charge < -0.3 is 57.2 Å². The summed E-state index contributed by atoms with van der Waals surface area (Å²) in [4.78, 5) is 44.7. The van der Waals surface area contributed by atoms with Crippen LogP contribution in [0.25, 0.3) is 0 Å². The average Bonchev–Trinajstić information content (AvgIpc) is 3.09. The van der Waals surface area contributed by atoms with E-state index in [0.717, 1.165) is 25.7 Å². The maximum absolute atomic E-state index is 12.0. The lowest BCUT2D eigenvalue weighted by atomic mass is 10.00. The van der Waals surface area contributed by atoms with Crippen LogP contribution in [0.4, 0.5) is 0 Å². The molecule has 0 aliphatic rings. The predicted molar refractivity (Wildman–Crippen MR) is 174 cm³/mol. The quantitative estimate of drug-likeness (QED) is 0.0552. The first kappa shape index (κ1) is 46.7. The average molecular weight is 713 g/mol. The van der Waals surface area contributed by atoms with Gasteiger partial charge in [-0.3, -0.25) is 14.4 Å². The normalized spacial score (nSPS) is 11.8. The third-order valence-electron chi connectivity index (χ3n) is 6.47. The van der Waals surface area contributed by atoms with E-state index >= 15 is 0 Å². The van der Waals surface area contributed by atoms with Crippen molar-refractivity contribution in [1.82, 2.24) is 0 Å². The highest BCUT2D eigenvalue weighted by molar-refractivity contribution is 6.32. The van der Waals surface area contributed by atoms with Crippen LogP contribution < -0.4 is 0 Å². The summed E-state index contributed by atoms with van der Waals surface area (Å²) < 4.78 is 58.8. The molecule has 16 heteroatoms. The number of Topliss-reactive ketones (excluding diaryl/α,β-unsaturated/α-hetero) is 1. The molecule has 0 amide bonds. The van der Waals surface area contributed by atoms with Crippen LogP contribution in [0.2, 0.25) is 0 Å². The summed E-state index contributed by atoms with van der Waals surface area (Å²) >= 11 is 0. The van der Waals surface area contributed by atoms with Gasteiger partial charge in [0.1, 0.15) is 13.2 Å². The fourth-order valence-electron chi connectivity index (χ4n) is 3.73. The molecule has 288 valence electrons. The largest absolute Gasteiger partial charge is 0.476 e. The second-order valence-corrected chi connectivity index (χ2v) is 10.4. The van der Waals surface area contributed by atoms with Crippen LogP contribution >= 0.6 is 0 Å². The van der Waals surface area contributed by atoms with Gasteiger partial charge >= 0.3 is 17.9 Å². The molecular weight excluding hydrogens is 652 g/mol. The molecule has 0 rings (SSSR count). The first-order chi connectivity index (χ1) is 23.9. The number of hydrogen-bond acceptors (Lipinski definition) is 15. The number of rotatable bonds is 39. The summed E-state index contributed by atoms with van der Waals surface area (Å²) in [5.41, 5.74) is 0. The Morgan fingerprint density at radius 3 is 1.10 bits per heavy atom. The smallest absolute Gasteiger partial charge is 0.372 e. The van der Waals surface area contributed by atoms with Crippen LogP contribution in [-0.4, -0.2) is 161 Å². The van der Waals surface area contributed by atoms with E-state index in [1.807, 2.05) is 6.92 Å². The first-order valence-electron chi connectivity index (χ1n) is 17.2. The molecule has 0 aromatic carbocycles. The van der Waals surface area contributed by atoms with Crippen molar-refractivity contribution in [2.45, 2.75) is 52.4 Å². The highest BCUT2D eigenvalue weighted by Crippen LogP contribution is 2.14. The zero-order chi connectivity index (χ0) is 36.0. The summed E-state index contributed by atoms with van der Waals surface area (Å²) in [6.07, 6.45) is 3.12. The number of ketones is 1.